The first-order valence-electron chi connectivity index (χ1n) is 13.4. The number of furan rings is 1. The lowest BCUT2D eigenvalue weighted by Gasteiger charge is -2.46. The molecule has 190 valence electrons. The van der Waals surface area contributed by atoms with Gasteiger partial charge in [-0.3, -0.25) is 9.59 Å². The van der Waals surface area contributed by atoms with Gasteiger partial charge in [-0.15, -0.1) is 0 Å². The van der Waals surface area contributed by atoms with Gasteiger partial charge in [0.15, 0.2) is 0 Å². The summed E-state index contributed by atoms with van der Waals surface area (Å²) in [6.07, 6.45) is 9.65. The van der Waals surface area contributed by atoms with E-state index in [0.717, 1.165) is 36.9 Å². The molecule has 2 amide bonds. The Morgan fingerprint density at radius 3 is 2.39 bits per heavy atom. The highest BCUT2D eigenvalue weighted by Crippen LogP contribution is 2.35. The molecular weight excluding hydrogens is 450 g/mol. The lowest BCUT2D eigenvalue weighted by atomic mass is 9.90. The SMILES string of the molecule is C[C@H](CN1C(=O)c2ccc(-c3ccco3)n2C[C@]1(C)C(=O)NC1CCCCCCC1)c1ccccc1. The van der Waals surface area contributed by atoms with Crippen molar-refractivity contribution in [2.24, 2.45) is 0 Å². The fourth-order valence-electron chi connectivity index (χ4n) is 5.80. The number of amides is 2. The maximum Gasteiger partial charge on any atom is 0.271 e. The monoisotopic (exact) mass is 487 g/mol. The predicted octanol–water partition coefficient (Wildman–Crippen LogP) is 6.00. The molecule has 0 unspecified atom stereocenters. The minimum atomic E-state index is -1.02. The van der Waals surface area contributed by atoms with Gasteiger partial charge in [-0.2, -0.15) is 0 Å². The molecule has 0 saturated heterocycles. The van der Waals surface area contributed by atoms with Crippen molar-refractivity contribution in [2.75, 3.05) is 6.54 Å². The Morgan fingerprint density at radius 2 is 1.69 bits per heavy atom. The Labute approximate surface area is 213 Å². The van der Waals surface area contributed by atoms with Crippen LogP contribution in [0, 0.1) is 0 Å². The number of nitrogens with zero attached hydrogens (tertiary/aromatic N) is 2. The summed E-state index contributed by atoms with van der Waals surface area (Å²) in [4.78, 5) is 29.8. The third-order valence-electron chi connectivity index (χ3n) is 8.03. The highest BCUT2D eigenvalue weighted by Gasteiger charge is 2.48. The van der Waals surface area contributed by atoms with E-state index in [1.54, 1.807) is 6.26 Å². The van der Waals surface area contributed by atoms with E-state index in [-0.39, 0.29) is 23.8 Å². The first-order valence-corrected chi connectivity index (χ1v) is 13.4. The molecule has 1 aromatic carbocycles. The Bertz CT molecular complexity index is 1180. The summed E-state index contributed by atoms with van der Waals surface area (Å²) in [6, 6.07) is 17.9. The molecule has 2 atom stereocenters. The van der Waals surface area contributed by atoms with Gasteiger partial charge in [-0.25, -0.2) is 0 Å². The number of benzene rings is 1. The van der Waals surface area contributed by atoms with Gasteiger partial charge in [-0.05, 0) is 55.5 Å². The number of aromatic nitrogens is 1. The zero-order valence-electron chi connectivity index (χ0n) is 21.4. The second-order valence-electron chi connectivity index (χ2n) is 10.7. The number of carbonyl (C=O) groups excluding carboxylic acids is 2. The lowest BCUT2D eigenvalue weighted by Crippen LogP contribution is -2.65. The minimum Gasteiger partial charge on any atom is -0.463 e. The largest absolute Gasteiger partial charge is 0.463 e. The van der Waals surface area contributed by atoms with Gasteiger partial charge in [0.05, 0.1) is 18.5 Å². The van der Waals surface area contributed by atoms with Crippen LogP contribution in [-0.2, 0) is 11.3 Å². The maximum atomic E-state index is 14.0. The highest BCUT2D eigenvalue weighted by molar-refractivity contribution is 6.00. The van der Waals surface area contributed by atoms with Gasteiger partial charge in [-0.1, -0.05) is 69.4 Å². The summed E-state index contributed by atoms with van der Waals surface area (Å²) in [6.45, 7) is 4.91. The van der Waals surface area contributed by atoms with Crippen LogP contribution >= 0.6 is 0 Å². The summed E-state index contributed by atoms with van der Waals surface area (Å²) in [5.74, 6) is 0.612. The number of carbonyl (C=O) groups is 2. The average molecular weight is 488 g/mol. The second kappa shape index (κ2) is 10.4. The van der Waals surface area contributed by atoms with Crippen molar-refractivity contribution in [3.8, 4) is 11.5 Å². The molecule has 6 nitrogen and oxygen atoms in total. The molecule has 3 aromatic rings. The Hall–Kier alpha value is -3.28. The lowest BCUT2D eigenvalue weighted by molar-refractivity contribution is -0.133. The van der Waals surface area contributed by atoms with E-state index < -0.39 is 5.54 Å². The van der Waals surface area contributed by atoms with Gasteiger partial charge in [0.25, 0.3) is 5.91 Å². The van der Waals surface area contributed by atoms with E-state index in [9.17, 15) is 9.59 Å². The fourth-order valence-corrected chi connectivity index (χ4v) is 5.80. The molecule has 0 bridgehead atoms. The molecule has 6 heteroatoms. The van der Waals surface area contributed by atoms with Crippen molar-refractivity contribution in [1.29, 1.82) is 0 Å². The van der Waals surface area contributed by atoms with E-state index in [2.05, 4.69) is 24.4 Å². The van der Waals surface area contributed by atoms with Crippen LogP contribution in [0.15, 0.2) is 65.3 Å². The van der Waals surface area contributed by atoms with E-state index in [1.165, 1.54) is 19.3 Å². The van der Waals surface area contributed by atoms with E-state index in [4.69, 9.17) is 4.42 Å². The minimum absolute atomic E-state index is 0.0635. The molecule has 36 heavy (non-hydrogen) atoms. The summed E-state index contributed by atoms with van der Waals surface area (Å²) < 4.78 is 7.62. The third-order valence-corrected chi connectivity index (χ3v) is 8.03. The molecule has 2 aromatic heterocycles. The Morgan fingerprint density at radius 1 is 1.00 bits per heavy atom. The number of rotatable bonds is 6. The first kappa shape index (κ1) is 24.4. The molecule has 1 aliphatic heterocycles. The van der Waals surface area contributed by atoms with Crippen molar-refractivity contribution in [3.63, 3.8) is 0 Å². The van der Waals surface area contributed by atoms with Crippen LogP contribution in [-0.4, -0.2) is 39.4 Å². The first-order chi connectivity index (χ1) is 17.5. The molecular formula is C30H37N3O3. The molecule has 3 heterocycles. The molecule has 5 rings (SSSR count). The van der Waals surface area contributed by atoms with Crippen LogP contribution in [0.4, 0.5) is 0 Å². The van der Waals surface area contributed by atoms with Gasteiger partial charge >= 0.3 is 0 Å². The summed E-state index contributed by atoms with van der Waals surface area (Å²) in [5.41, 5.74) is 1.56. The van der Waals surface area contributed by atoms with Gasteiger partial charge in [0, 0.05) is 12.6 Å². The quantitative estimate of drug-likeness (QED) is 0.464. The van der Waals surface area contributed by atoms with Crippen molar-refractivity contribution in [2.45, 2.75) is 82.8 Å². The van der Waals surface area contributed by atoms with E-state index >= 15 is 0 Å². The van der Waals surface area contributed by atoms with Crippen molar-refractivity contribution in [1.82, 2.24) is 14.8 Å². The smallest absolute Gasteiger partial charge is 0.271 e. The summed E-state index contributed by atoms with van der Waals surface area (Å²) in [7, 11) is 0. The number of nitrogens with one attached hydrogen (secondary N) is 1. The summed E-state index contributed by atoms with van der Waals surface area (Å²) in [5, 5.41) is 3.37. The van der Waals surface area contributed by atoms with Crippen molar-refractivity contribution >= 4 is 11.8 Å². The molecule has 1 aliphatic carbocycles. The van der Waals surface area contributed by atoms with Crippen LogP contribution < -0.4 is 5.32 Å². The number of hydrogen-bond acceptors (Lipinski definition) is 3. The fraction of sp³-hybridized carbons (Fsp3) is 0.467. The second-order valence-corrected chi connectivity index (χ2v) is 10.7. The number of fused-ring (bicyclic) bond motifs is 1. The van der Waals surface area contributed by atoms with Crippen LogP contribution in [0.5, 0.6) is 0 Å². The molecule has 0 radical (unpaired) electrons. The number of hydrogen-bond donors (Lipinski definition) is 1. The van der Waals surface area contributed by atoms with Crippen LogP contribution in [0.2, 0.25) is 0 Å². The standard InChI is InChI=1S/C30H37N3O3/c1-22(23-12-7-6-8-13-23)20-33-28(34)26-18-17-25(27-16-11-19-36-27)32(26)21-30(33,2)29(35)31-24-14-9-4-3-5-10-15-24/h6-8,11-13,16-19,22,24H,3-5,9-10,14-15,20-21H2,1-2H3,(H,31,35)/t22-,30-/m1/s1. The zero-order chi connectivity index (χ0) is 25.1. The molecule has 1 fully saturated rings. The van der Waals surface area contributed by atoms with E-state index in [0.29, 0.717) is 24.5 Å². The average Bonchev–Trinajstić information content (AvgIpc) is 3.53. The van der Waals surface area contributed by atoms with Gasteiger partial charge in [0.1, 0.15) is 17.0 Å². The molecule has 1 saturated carbocycles. The Balaban J connectivity index is 1.48. The van der Waals surface area contributed by atoms with Crippen LogP contribution in [0.1, 0.15) is 80.8 Å². The molecule has 1 N–H and O–H groups in total. The van der Waals surface area contributed by atoms with Crippen LogP contribution in [0.25, 0.3) is 11.5 Å². The normalized spacial score (nSPS) is 21.9. The van der Waals surface area contributed by atoms with Crippen molar-refractivity contribution in [3.05, 3.63) is 72.1 Å². The van der Waals surface area contributed by atoms with E-state index in [1.807, 2.05) is 58.9 Å². The van der Waals surface area contributed by atoms with Crippen LogP contribution in [0.3, 0.4) is 0 Å². The molecule has 0 spiro atoms. The van der Waals surface area contributed by atoms with Gasteiger partial charge in [0.2, 0.25) is 5.91 Å². The highest BCUT2D eigenvalue weighted by atomic mass is 16.3. The van der Waals surface area contributed by atoms with Gasteiger partial charge < -0.3 is 19.2 Å². The van der Waals surface area contributed by atoms with Crippen molar-refractivity contribution < 1.29 is 14.0 Å². The molecule has 2 aliphatic rings. The topological polar surface area (TPSA) is 67.5 Å². The third kappa shape index (κ3) is 4.73. The Kier molecular flexibility index (Phi) is 7.04. The zero-order valence-corrected chi connectivity index (χ0v) is 21.4. The summed E-state index contributed by atoms with van der Waals surface area (Å²) >= 11 is 0. The maximum absolute atomic E-state index is 14.0. The predicted molar refractivity (Wildman–Crippen MR) is 141 cm³/mol.